The molecule has 0 aliphatic carbocycles. The molecule has 5 rings (SSSR count). The Hall–Kier alpha value is -3.78. The number of imidazole rings is 1. The molecule has 0 fully saturated rings. The maximum Gasteiger partial charge on any atom is 0.160 e. The van der Waals surface area contributed by atoms with Crippen LogP contribution in [0.15, 0.2) is 61.3 Å². The number of rotatable bonds is 4. The van der Waals surface area contributed by atoms with E-state index in [1.54, 1.807) is 29.2 Å². The Morgan fingerprint density at radius 2 is 2.00 bits per heavy atom. The minimum Gasteiger partial charge on any atom is -0.455 e. The number of pyridine rings is 1. The molecule has 4 heterocycles. The van der Waals surface area contributed by atoms with Gasteiger partial charge in [0.1, 0.15) is 22.7 Å². The average Bonchev–Trinajstić information content (AvgIpc) is 3.18. The van der Waals surface area contributed by atoms with Crippen molar-refractivity contribution in [3.05, 3.63) is 72.0 Å². The lowest BCUT2D eigenvalue weighted by Gasteiger charge is -2.12. The van der Waals surface area contributed by atoms with Gasteiger partial charge in [-0.2, -0.15) is 5.10 Å². The summed E-state index contributed by atoms with van der Waals surface area (Å²) in [7, 11) is 0. The Bertz CT molecular complexity index is 1350. The zero-order valence-corrected chi connectivity index (χ0v) is 16.0. The molecule has 0 unspecified atom stereocenters. The highest BCUT2D eigenvalue weighted by Gasteiger charge is 2.09. The van der Waals surface area contributed by atoms with Crippen LogP contribution in [0.2, 0.25) is 5.15 Å². The number of hydrogen-bond donors (Lipinski definition) is 1. The summed E-state index contributed by atoms with van der Waals surface area (Å²) >= 11 is 6.02. The van der Waals surface area contributed by atoms with Crippen LogP contribution in [0.4, 0.5) is 11.5 Å². The van der Waals surface area contributed by atoms with E-state index in [0.717, 1.165) is 22.6 Å². The molecular weight excluding hydrogens is 390 g/mol. The quantitative estimate of drug-likeness (QED) is 0.439. The van der Waals surface area contributed by atoms with Crippen molar-refractivity contribution in [1.29, 1.82) is 0 Å². The van der Waals surface area contributed by atoms with E-state index in [4.69, 9.17) is 16.3 Å². The number of nitrogens with one attached hydrogen (secondary N) is 1. The first kappa shape index (κ1) is 17.3. The topological polar surface area (TPSA) is 90.1 Å². The van der Waals surface area contributed by atoms with Crippen molar-refractivity contribution in [2.24, 2.45) is 0 Å². The first-order chi connectivity index (χ1) is 14.2. The lowest BCUT2D eigenvalue weighted by Crippen LogP contribution is -1.98. The lowest BCUT2D eigenvalue weighted by atomic mass is 10.2. The third kappa shape index (κ3) is 3.41. The second-order valence-electron chi connectivity index (χ2n) is 6.35. The van der Waals surface area contributed by atoms with Crippen molar-refractivity contribution in [3.8, 4) is 11.5 Å². The Morgan fingerprint density at radius 1 is 1.07 bits per heavy atom. The number of nitrogens with zero attached hydrogens (tertiary/aromatic N) is 6. The van der Waals surface area contributed by atoms with Crippen LogP contribution in [0, 0.1) is 6.92 Å². The van der Waals surface area contributed by atoms with Gasteiger partial charge in [-0.15, -0.1) is 0 Å². The SMILES string of the molecule is Cc1cc(Nc2ncnc3ccc(Cl)nc23)ccc1Oc1cnn2ccnc2c1. The maximum absolute atomic E-state index is 6.02. The highest BCUT2D eigenvalue weighted by atomic mass is 35.5. The zero-order valence-electron chi connectivity index (χ0n) is 15.2. The Balaban J connectivity index is 1.42. The highest BCUT2D eigenvalue weighted by Crippen LogP contribution is 2.29. The molecule has 0 amide bonds. The Kier molecular flexibility index (Phi) is 4.18. The van der Waals surface area contributed by atoms with Crippen LogP contribution in [0.5, 0.6) is 11.5 Å². The maximum atomic E-state index is 6.02. The summed E-state index contributed by atoms with van der Waals surface area (Å²) in [5.41, 5.74) is 3.84. The van der Waals surface area contributed by atoms with E-state index in [9.17, 15) is 0 Å². The van der Waals surface area contributed by atoms with Gasteiger partial charge in [0.15, 0.2) is 17.2 Å². The molecule has 1 aromatic carbocycles. The number of ether oxygens (including phenoxy) is 1. The molecule has 1 N–H and O–H groups in total. The van der Waals surface area contributed by atoms with Crippen LogP contribution in [0.1, 0.15) is 5.56 Å². The summed E-state index contributed by atoms with van der Waals surface area (Å²) in [6.07, 6.45) is 6.62. The fraction of sp³-hybridized carbons (Fsp3) is 0.0500. The third-order valence-corrected chi connectivity index (χ3v) is 4.55. The van der Waals surface area contributed by atoms with Crippen LogP contribution in [0.3, 0.4) is 0 Å². The fourth-order valence-electron chi connectivity index (χ4n) is 2.96. The molecule has 0 radical (unpaired) electrons. The summed E-state index contributed by atoms with van der Waals surface area (Å²) in [6, 6.07) is 11.1. The second-order valence-corrected chi connectivity index (χ2v) is 6.74. The van der Waals surface area contributed by atoms with Crippen molar-refractivity contribution in [2.45, 2.75) is 6.92 Å². The summed E-state index contributed by atoms with van der Waals surface area (Å²) < 4.78 is 7.66. The van der Waals surface area contributed by atoms with Gasteiger partial charge in [0.05, 0.1) is 11.7 Å². The first-order valence-corrected chi connectivity index (χ1v) is 9.16. The van der Waals surface area contributed by atoms with Gasteiger partial charge in [-0.25, -0.2) is 24.5 Å². The van der Waals surface area contributed by atoms with E-state index in [1.807, 2.05) is 37.3 Å². The number of fused-ring (bicyclic) bond motifs is 2. The molecule has 9 heteroatoms. The molecule has 142 valence electrons. The molecule has 0 bridgehead atoms. The molecule has 0 saturated heterocycles. The van der Waals surface area contributed by atoms with Crippen molar-refractivity contribution in [2.75, 3.05) is 5.32 Å². The molecule has 0 aliphatic rings. The minimum atomic E-state index is 0.387. The molecule has 4 aromatic heterocycles. The van der Waals surface area contributed by atoms with Crippen LogP contribution in [-0.4, -0.2) is 29.5 Å². The largest absolute Gasteiger partial charge is 0.455 e. The molecule has 0 atom stereocenters. The molecule has 5 aromatic rings. The zero-order chi connectivity index (χ0) is 19.8. The number of anilines is 2. The monoisotopic (exact) mass is 403 g/mol. The first-order valence-electron chi connectivity index (χ1n) is 8.78. The fourth-order valence-corrected chi connectivity index (χ4v) is 3.11. The van der Waals surface area contributed by atoms with Gasteiger partial charge < -0.3 is 10.1 Å². The number of halogens is 1. The summed E-state index contributed by atoms with van der Waals surface area (Å²) in [6.45, 7) is 1.97. The van der Waals surface area contributed by atoms with Gasteiger partial charge >= 0.3 is 0 Å². The van der Waals surface area contributed by atoms with Crippen LogP contribution in [-0.2, 0) is 0 Å². The number of benzene rings is 1. The number of aryl methyl sites for hydroxylation is 1. The van der Waals surface area contributed by atoms with Crippen molar-refractivity contribution in [3.63, 3.8) is 0 Å². The minimum absolute atomic E-state index is 0.387. The van der Waals surface area contributed by atoms with Gasteiger partial charge in [-0.3, -0.25) is 0 Å². The summed E-state index contributed by atoms with van der Waals surface area (Å²) in [4.78, 5) is 17.1. The van der Waals surface area contributed by atoms with E-state index in [-0.39, 0.29) is 0 Å². The van der Waals surface area contributed by atoms with Crippen LogP contribution >= 0.6 is 11.6 Å². The van der Waals surface area contributed by atoms with Crippen molar-refractivity contribution >= 4 is 39.8 Å². The van der Waals surface area contributed by atoms with E-state index < -0.39 is 0 Å². The van der Waals surface area contributed by atoms with Gasteiger partial charge in [-0.1, -0.05) is 11.6 Å². The van der Waals surface area contributed by atoms with E-state index in [1.165, 1.54) is 6.33 Å². The predicted molar refractivity (Wildman–Crippen MR) is 110 cm³/mol. The van der Waals surface area contributed by atoms with Gasteiger partial charge in [-0.05, 0) is 42.8 Å². The normalized spacial score (nSPS) is 11.1. The average molecular weight is 404 g/mol. The summed E-state index contributed by atoms with van der Waals surface area (Å²) in [5, 5.41) is 7.92. The lowest BCUT2D eigenvalue weighted by molar-refractivity contribution is 0.475. The second kappa shape index (κ2) is 6.99. The molecule has 0 saturated carbocycles. The third-order valence-electron chi connectivity index (χ3n) is 4.34. The molecular formula is C20H14ClN7O. The van der Waals surface area contributed by atoms with Gasteiger partial charge in [0, 0.05) is 24.1 Å². The Morgan fingerprint density at radius 3 is 2.90 bits per heavy atom. The van der Waals surface area contributed by atoms with E-state index in [2.05, 4.69) is 30.4 Å². The van der Waals surface area contributed by atoms with Crippen molar-refractivity contribution in [1.82, 2.24) is 29.5 Å². The molecule has 29 heavy (non-hydrogen) atoms. The van der Waals surface area contributed by atoms with Crippen LogP contribution < -0.4 is 10.1 Å². The van der Waals surface area contributed by atoms with E-state index in [0.29, 0.717) is 27.8 Å². The standard InChI is InChI=1S/C20H14ClN7O/c1-12-8-13(26-20-19-15(23-11-24-20)3-5-17(21)27-19)2-4-16(12)29-14-9-18-22-6-7-28(18)25-10-14/h2-11H,1H3,(H,23,24,26). The van der Waals surface area contributed by atoms with Gasteiger partial charge in [0.2, 0.25) is 0 Å². The predicted octanol–water partition coefficient (Wildman–Crippen LogP) is 4.57. The number of aromatic nitrogens is 6. The molecule has 0 spiro atoms. The highest BCUT2D eigenvalue weighted by molar-refractivity contribution is 6.29. The molecule has 0 aliphatic heterocycles. The summed E-state index contributed by atoms with van der Waals surface area (Å²) in [5.74, 6) is 1.93. The smallest absolute Gasteiger partial charge is 0.160 e. The van der Waals surface area contributed by atoms with E-state index >= 15 is 0 Å². The Labute approximate surface area is 170 Å². The van der Waals surface area contributed by atoms with Crippen molar-refractivity contribution < 1.29 is 4.74 Å². The molecule has 8 nitrogen and oxygen atoms in total. The van der Waals surface area contributed by atoms with Gasteiger partial charge in [0.25, 0.3) is 0 Å². The van der Waals surface area contributed by atoms with Crippen LogP contribution in [0.25, 0.3) is 16.7 Å². The number of hydrogen-bond acceptors (Lipinski definition) is 7.